The Hall–Kier alpha value is -2.45. The minimum atomic E-state index is -0.989. The molecule has 2 bridgehead atoms. The minimum Gasteiger partial charge on any atom is -0.466 e. The molecule has 0 aromatic heterocycles. The Bertz CT molecular complexity index is 846. The lowest BCUT2D eigenvalue weighted by Gasteiger charge is -2.33. The number of hydrogen-bond acceptors (Lipinski definition) is 6. The molecule has 3 aliphatic heterocycles. The monoisotopic (exact) mass is 444 g/mol. The molecule has 8 heteroatoms. The van der Waals surface area contributed by atoms with E-state index in [4.69, 9.17) is 14.6 Å². The fraction of sp³-hybridized carbons (Fsp3) is 0.625. The first-order valence-corrected chi connectivity index (χ1v) is 11.6. The van der Waals surface area contributed by atoms with Gasteiger partial charge in [-0.25, -0.2) is 0 Å². The first kappa shape index (κ1) is 22.7. The van der Waals surface area contributed by atoms with Crippen molar-refractivity contribution in [3.8, 4) is 0 Å². The molecule has 1 aromatic rings. The highest BCUT2D eigenvalue weighted by molar-refractivity contribution is 5.98. The molecule has 3 fully saturated rings. The second-order valence-electron chi connectivity index (χ2n) is 8.83. The summed E-state index contributed by atoms with van der Waals surface area (Å²) < 4.78 is 11.6. The van der Waals surface area contributed by atoms with E-state index in [9.17, 15) is 14.4 Å². The number of unbranched alkanes of at least 4 members (excludes halogenated alkanes) is 2. The van der Waals surface area contributed by atoms with Crippen LogP contribution in [0.1, 0.15) is 44.6 Å². The molecule has 2 N–H and O–H groups in total. The molecule has 174 valence electrons. The van der Waals surface area contributed by atoms with E-state index in [2.05, 4.69) is 5.32 Å². The second-order valence-corrected chi connectivity index (χ2v) is 8.83. The first-order valence-electron chi connectivity index (χ1n) is 11.6. The third kappa shape index (κ3) is 3.90. The average molecular weight is 445 g/mol. The Kier molecular flexibility index (Phi) is 6.81. The molecule has 4 rings (SSSR count). The van der Waals surface area contributed by atoms with E-state index < -0.39 is 29.4 Å². The van der Waals surface area contributed by atoms with Gasteiger partial charge in [0.25, 0.3) is 0 Å². The van der Waals surface area contributed by atoms with Gasteiger partial charge in [0, 0.05) is 19.7 Å². The van der Waals surface area contributed by atoms with Gasteiger partial charge in [0.1, 0.15) is 11.6 Å². The summed E-state index contributed by atoms with van der Waals surface area (Å²) in [5.41, 5.74) is -0.0218. The van der Waals surface area contributed by atoms with Crippen molar-refractivity contribution in [3.63, 3.8) is 0 Å². The number of aliphatic hydroxyl groups excluding tert-OH is 1. The van der Waals surface area contributed by atoms with Gasteiger partial charge in [-0.1, -0.05) is 30.3 Å². The molecule has 0 radical (unpaired) electrons. The van der Waals surface area contributed by atoms with Crippen LogP contribution in [0.4, 0.5) is 0 Å². The average Bonchev–Trinajstić information content (AvgIpc) is 3.43. The van der Waals surface area contributed by atoms with Gasteiger partial charge in [0.05, 0.1) is 24.5 Å². The Morgan fingerprint density at radius 1 is 1.25 bits per heavy atom. The molecular formula is C24H32N2O6. The van der Waals surface area contributed by atoms with Gasteiger partial charge >= 0.3 is 5.97 Å². The third-order valence-electron chi connectivity index (χ3n) is 6.97. The minimum absolute atomic E-state index is 0.0945. The number of aliphatic hydroxyl groups is 1. The van der Waals surface area contributed by atoms with E-state index in [0.717, 1.165) is 12.0 Å². The highest BCUT2D eigenvalue weighted by atomic mass is 16.6. The van der Waals surface area contributed by atoms with E-state index in [-0.39, 0.29) is 31.1 Å². The summed E-state index contributed by atoms with van der Waals surface area (Å²) in [6.45, 7) is 2.82. The number of hydrogen-bond donors (Lipinski definition) is 2. The standard InChI is InChI=1S/C24H32N2O6/c1-2-31-23(30)18-17-11-12-24(32-17)19(18)22(29)26(13-7-4-8-14-27)20(24)21(28)25-15-16-9-5-3-6-10-16/h3,5-6,9-10,17-20,27H,2,4,7-8,11-15H2,1H3,(H,25,28)/t17-,18+,19+,20-,24+/m1/s1. The number of benzene rings is 1. The van der Waals surface area contributed by atoms with Gasteiger partial charge < -0.3 is 24.8 Å². The Balaban J connectivity index is 1.58. The van der Waals surface area contributed by atoms with Crippen LogP contribution in [0.2, 0.25) is 0 Å². The van der Waals surface area contributed by atoms with Crippen LogP contribution in [0.3, 0.4) is 0 Å². The molecule has 8 nitrogen and oxygen atoms in total. The van der Waals surface area contributed by atoms with Crippen LogP contribution < -0.4 is 5.32 Å². The van der Waals surface area contributed by atoms with Gasteiger partial charge in [-0.3, -0.25) is 14.4 Å². The lowest BCUT2D eigenvalue weighted by molar-refractivity contribution is -0.154. The number of amides is 2. The topological polar surface area (TPSA) is 105 Å². The molecular weight excluding hydrogens is 412 g/mol. The summed E-state index contributed by atoms with van der Waals surface area (Å²) in [4.78, 5) is 41.3. The van der Waals surface area contributed by atoms with E-state index in [0.29, 0.717) is 38.8 Å². The van der Waals surface area contributed by atoms with Crippen LogP contribution in [0.15, 0.2) is 30.3 Å². The van der Waals surface area contributed by atoms with Crippen LogP contribution >= 0.6 is 0 Å². The van der Waals surface area contributed by atoms with Crippen LogP contribution in [-0.2, 0) is 30.4 Å². The maximum Gasteiger partial charge on any atom is 0.312 e. The number of nitrogens with zero attached hydrogens (tertiary/aromatic N) is 1. The Morgan fingerprint density at radius 2 is 2.03 bits per heavy atom. The lowest BCUT2D eigenvalue weighted by Crippen LogP contribution is -2.55. The second kappa shape index (κ2) is 9.58. The number of nitrogens with one attached hydrogen (secondary N) is 1. The summed E-state index contributed by atoms with van der Waals surface area (Å²) >= 11 is 0. The van der Waals surface area contributed by atoms with Gasteiger partial charge in [0.2, 0.25) is 11.8 Å². The van der Waals surface area contributed by atoms with Crippen LogP contribution in [0.5, 0.6) is 0 Å². The number of ether oxygens (including phenoxy) is 2. The predicted octanol–water partition coefficient (Wildman–Crippen LogP) is 1.40. The SMILES string of the molecule is CCOC(=O)[C@@H]1[C@H]2C(=O)N(CCCCCO)[C@H](C(=O)NCc3ccccc3)[C@]23CC[C@H]1O3. The van der Waals surface area contributed by atoms with E-state index in [1.807, 2.05) is 30.3 Å². The van der Waals surface area contributed by atoms with Crippen molar-refractivity contribution in [2.45, 2.75) is 63.3 Å². The van der Waals surface area contributed by atoms with E-state index in [1.165, 1.54) is 0 Å². The predicted molar refractivity (Wildman–Crippen MR) is 115 cm³/mol. The lowest BCUT2D eigenvalue weighted by atomic mass is 9.71. The van der Waals surface area contributed by atoms with Gasteiger partial charge in [-0.15, -0.1) is 0 Å². The van der Waals surface area contributed by atoms with Crippen molar-refractivity contribution in [2.24, 2.45) is 11.8 Å². The maximum atomic E-state index is 13.6. The number of likely N-dealkylation sites (tertiary alicyclic amines) is 1. The molecule has 3 heterocycles. The molecule has 5 atom stereocenters. The van der Waals surface area contributed by atoms with Gasteiger partial charge in [0.15, 0.2) is 0 Å². The zero-order chi connectivity index (χ0) is 22.7. The highest BCUT2D eigenvalue weighted by Gasteiger charge is 2.74. The molecule has 3 saturated heterocycles. The number of carbonyl (C=O) groups is 3. The molecule has 0 saturated carbocycles. The smallest absolute Gasteiger partial charge is 0.312 e. The van der Waals surface area contributed by atoms with E-state index >= 15 is 0 Å². The van der Waals surface area contributed by atoms with Crippen molar-refractivity contribution in [1.29, 1.82) is 0 Å². The summed E-state index contributed by atoms with van der Waals surface area (Å²) in [5.74, 6) is -2.22. The van der Waals surface area contributed by atoms with Crippen molar-refractivity contribution in [3.05, 3.63) is 35.9 Å². The molecule has 2 amide bonds. The Morgan fingerprint density at radius 3 is 2.75 bits per heavy atom. The van der Waals surface area contributed by atoms with E-state index in [1.54, 1.807) is 11.8 Å². The summed E-state index contributed by atoms with van der Waals surface area (Å²) in [7, 11) is 0. The molecule has 3 aliphatic rings. The van der Waals surface area contributed by atoms with Gasteiger partial charge in [-0.05, 0) is 44.6 Å². The summed E-state index contributed by atoms with van der Waals surface area (Å²) in [6.07, 6.45) is 2.88. The fourth-order valence-electron chi connectivity index (χ4n) is 5.65. The summed E-state index contributed by atoms with van der Waals surface area (Å²) in [5, 5.41) is 12.1. The Labute approximate surface area is 188 Å². The van der Waals surface area contributed by atoms with Crippen LogP contribution in [-0.4, -0.2) is 65.3 Å². The number of carbonyl (C=O) groups excluding carboxylic acids is 3. The molecule has 0 aliphatic carbocycles. The van der Waals surface area contributed by atoms with Crippen molar-refractivity contribution >= 4 is 17.8 Å². The first-order chi connectivity index (χ1) is 15.5. The molecule has 32 heavy (non-hydrogen) atoms. The van der Waals surface area contributed by atoms with Crippen molar-refractivity contribution < 1.29 is 29.0 Å². The third-order valence-corrected chi connectivity index (χ3v) is 6.97. The normalized spacial score (nSPS) is 30.4. The molecule has 1 aromatic carbocycles. The summed E-state index contributed by atoms with van der Waals surface area (Å²) in [6, 6.07) is 8.83. The molecule has 0 unspecified atom stereocenters. The zero-order valence-electron chi connectivity index (χ0n) is 18.5. The zero-order valence-corrected chi connectivity index (χ0v) is 18.5. The molecule has 1 spiro atoms. The quantitative estimate of drug-likeness (QED) is 0.418. The number of esters is 1. The fourth-order valence-corrected chi connectivity index (χ4v) is 5.65. The number of fused-ring (bicyclic) bond motifs is 1. The van der Waals surface area contributed by atoms with Crippen LogP contribution in [0, 0.1) is 11.8 Å². The highest BCUT2D eigenvalue weighted by Crippen LogP contribution is 2.58. The van der Waals surface area contributed by atoms with Gasteiger partial charge in [-0.2, -0.15) is 0 Å². The van der Waals surface area contributed by atoms with Crippen molar-refractivity contribution in [1.82, 2.24) is 10.2 Å². The van der Waals surface area contributed by atoms with Crippen LogP contribution in [0.25, 0.3) is 0 Å². The largest absolute Gasteiger partial charge is 0.466 e. The number of rotatable bonds is 10. The maximum absolute atomic E-state index is 13.6. The van der Waals surface area contributed by atoms with Crippen molar-refractivity contribution in [2.75, 3.05) is 19.8 Å².